The van der Waals surface area contributed by atoms with Gasteiger partial charge < -0.3 is 19.9 Å². The van der Waals surface area contributed by atoms with Crippen LogP contribution < -0.4 is 10.5 Å². The third-order valence-electron chi connectivity index (χ3n) is 3.55. The zero-order chi connectivity index (χ0) is 12.5. The Morgan fingerprint density at radius 3 is 3.00 bits per heavy atom. The quantitative estimate of drug-likeness (QED) is 0.861. The molecule has 0 aliphatic carbocycles. The summed E-state index contributed by atoms with van der Waals surface area (Å²) in [6.45, 7) is 3.95. The van der Waals surface area contributed by atoms with E-state index in [1.54, 1.807) is 0 Å². The molecule has 3 atom stereocenters. The van der Waals surface area contributed by atoms with Gasteiger partial charge in [-0.25, -0.2) is 0 Å². The van der Waals surface area contributed by atoms with Gasteiger partial charge in [0, 0.05) is 6.42 Å². The summed E-state index contributed by atoms with van der Waals surface area (Å²) in [4.78, 5) is 0. The molecule has 2 heterocycles. The molecule has 0 saturated carbocycles. The number of hydrogen-bond donors (Lipinski definition) is 1. The predicted octanol–water partition coefficient (Wildman–Crippen LogP) is 1.43. The van der Waals surface area contributed by atoms with Gasteiger partial charge in [-0.05, 0) is 24.1 Å². The van der Waals surface area contributed by atoms with Crippen molar-refractivity contribution in [2.75, 3.05) is 19.8 Å². The molecule has 1 aromatic rings. The zero-order valence-electron chi connectivity index (χ0n) is 10.6. The van der Waals surface area contributed by atoms with E-state index in [9.17, 15) is 0 Å². The van der Waals surface area contributed by atoms with E-state index in [4.69, 9.17) is 19.9 Å². The van der Waals surface area contributed by atoms with Crippen LogP contribution in [-0.2, 0) is 15.9 Å². The molecule has 1 saturated heterocycles. The second kappa shape index (κ2) is 4.88. The molecule has 0 spiro atoms. The molecule has 18 heavy (non-hydrogen) atoms. The van der Waals surface area contributed by atoms with Gasteiger partial charge in [0.1, 0.15) is 18.0 Å². The Hall–Kier alpha value is -1.10. The second-order valence-corrected chi connectivity index (χ2v) is 5.01. The number of fused-ring (bicyclic) bond motifs is 1. The number of nitrogens with two attached hydrogens (primary N) is 1. The van der Waals surface area contributed by atoms with E-state index in [1.807, 2.05) is 12.1 Å². The lowest BCUT2D eigenvalue weighted by atomic mass is 9.98. The number of hydrogen-bond acceptors (Lipinski definition) is 4. The van der Waals surface area contributed by atoms with Crippen molar-refractivity contribution in [3.05, 3.63) is 29.3 Å². The average Bonchev–Trinajstić information content (AvgIpc) is 2.78. The van der Waals surface area contributed by atoms with Gasteiger partial charge in [-0.3, -0.25) is 0 Å². The van der Waals surface area contributed by atoms with E-state index in [-0.39, 0.29) is 18.2 Å². The topological polar surface area (TPSA) is 53.7 Å². The van der Waals surface area contributed by atoms with Crippen LogP contribution in [0.1, 0.15) is 24.1 Å². The van der Waals surface area contributed by atoms with Crippen molar-refractivity contribution >= 4 is 0 Å². The highest BCUT2D eigenvalue weighted by Crippen LogP contribution is 2.31. The summed E-state index contributed by atoms with van der Waals surface area (Å²) in [5.74, 6) is 0.985. The Labute approximate surface area is 107 Å². The first-order valence-electron chi connectivity index (χ1n) is 6.48. The fraction of sp³-hybridized carbons (Fsp3) is 0.571. The highest BCUT2D eigenvalue weighted by atomic mass is 16.6. The summed E-state index contributed by atoms with van der Waals surface area (Å²) in [6, 6.07) is 6.05. The molecule has 0 amide bonds. The third kappa shape index (κ3) is 2.23. The van der Waals surface area contributed by atoms with E-state index in [0.717, 1.165) is 17.7 Å². The fourth-order valence-electron chi connectivity index (χ4n) is 2.58. The summed E-state index contributed by atoms with van der Waals surface area (Å²) in [6.07, 6.45) is 1.18. The van der Waals surface area contributed by atoms with Crippen LogP contribution in [0, 0.1) is 0 Å². The predicted molar refractivity (Wildman–Crippen MR) is 67.7 cm³/mol. The molecule has 0 radical (unpaired) electrons. The van der Waals surface area contributed by atoms with Crippen LogP contribution in [0.4, 0.5) is 0 Å². The molecule has 1 aromatic carbocycles. The maximum atomic E-state index is 6.25. The van der Waals surface area contributed by atoms with E-state index in [0.29, 0.717) is 19.8 Å². The smallest absolute Gasteiger partial charge is 0.123 e. The van der Waals surface area contributed by atoms with Gasteiger partial charge in [0.15, 0.2) is 0 Å². The lowest BCUT2D eigenvalue weighted by Crippen LogP contribution is -2.37. The largest absolute Gasteiger partial charge is 0.490 e. The van der Waals surface area contributed by atoms with Gasteiger partial charge in [0.05, 0.1) is 25.9 Å². The molecule has 2 N–H and O–H groups in total. The minimum atomic E-state index is -0.133. The summed E-state index contributed by atoms with van der Waals surface area (Å²) in [5, 5.41) is 0. The first-order chi connectivity index (χ1) is 8.74. The monoisotopic (exact) mass is 249 g/mol. The highest BCUT2D eigenvalue weighted by molar-refractivity contribution is 5.41. The van der Waals surface area contributed by atoms with Crippen LogP contribution in [-0.4, -0.2) is 32.0 Å². The SMILES string of the molecule is CC1Cc2cc(C(N)C3COCCO3)ccc2O1. The van der Waals surface area contributed by atoms with Crippen LogP contribution in [0.15, 0.2) is 18.2 Å². The molecule has 1 fully saturated rings. The Kier molecular flexibility index (Phi) is 3.24. The normalized spacial score (nSPS) is 28.6. The summed E-state index contributed by atoms with van der Waals surface area (Å²) >= 11 is 0. The molecule has 4 nitrogen and oxygen atoms in total. The van der Waals surface area contributed by atoms with E-state index in [2.05, 4.69) is 13.0 Å². The van der Waals surface area contributed by atoms with Crippen molar-refractivity contribution in [1.29, 1.82) is 0 Å². The Bertz CT molecular complexity index is 429. The molecular weight excluding hydrogens is 230 g/mol. The van der Waals surface area contributed by atoms with Crippen LogP contribution in [0.3, 0.4) is 0 Å². The minimum Gasteiger partial charge on any atom is -0.490 e. The minimum absolute atomic E-state index is 0.0449. The Morgan fingerprint density at radius 2 is 2.22 bits per heavy atom. The number of benzene rings is 1. The van der Waals surface area contributed by atoms with Crippen molar-refractivity contribution in [3.63, 3.8) is 0 Å². The molecule has 2 aliphatic rings. The van der Waals surface area contributed by atoms with Gasteiger partial charge in [-0.2, -0.15) is 0 Å². The molecule has 3 rings (SSSR count). The summed E-state index contributed by atoms with van der Waals surface area (Å²) < 4.78 is 16.7. The van der Waals surface area contributed by atoms with Gasteiger partial charge >= 0.3 is 0 Å². The summed E-state index contributed by atoms with van der Waals surface area (Å²) in [5.41, 5.74) is 8.59. The Morgan fingerprint density at radius 1 is 1.33 bits per heavy atom. The average molecular weight is 249 g/mol. The third-order valence-corrected chi connectivity index (χ3v) is 3.55. The van der Waals surface area contributed by atoms with Crippen LogP contribution in [0.5, 0.6) is 5.75 Å². The van der Waals surface area contributed by atoms with Gasteiger partial charge in [0.2, 0.25) is 0 Å². The zero-order valence-corrected chi connectivity index (χ0v) is 10.6. The van der Waals surface area contributed by atoms with Crippen molar-refractivity contribution in [3.8, 4) is 5.75 Å². The molecule has 2 aliphatic heterocycles. The van der Waals surface area contributed by atoms with Crippen molar-refractivity contribution < 1.29 is 14.2 Å². The molecule has 0 bridgehead atoms. The first kappa shape index (κ1) is 12.0. The van der Waals surface area contributed by atoms with Crippen LogP contribution in [0.2, 0.25) is 0 Å². The first-order valence-corrected chi connectivity index (χ1v) is 6.48. The molecule has 3 unspecified atom stereocenters. The van der Waals surface area contributed by atoms with Crippen LogP contribution in [0.25, 0.3) is 0 Å². The standard InChI is InChI=1S/C14H19NO3/c1-9-6-11-7-10(2-3-12(11)18-9)14(15)13-8-16-4-5-17-13/h2-3,7,9,13-14H,4-6,8,15H2,1H3. The van der Waals surface area contributed by atoms with E-state index < -0.39 is 0 Å². The van der Waals surface area contributed by atoms with Gasteiger partial charge in [0.25, 0.3) is 0 Å². The van der Waals surface area contributed by atoms with Crippen LogP contribution >= 0.6 is 0 Å². The lowest BCUT2D eigenvalue weighted by Gasteiger charge is -2.28. The van der Waals surface area contributed by atoms with Crippen molar-refractivity contribution in [1.82, 2.24) is 0 Å². The number of rotatable bonds is 2. The maximum Gasteiger partial charge on any atom is 0.123 e. The Balaban J connectivity index is 1.78. The van der Waals surface area contributed by atoms with Gasteiger partial charge in [-0.15, -0.1) is 0 Å². The van der Waals surface area contributed by atoms with Gasteiger partial charge in [-0.1, -0.05) is 12.1 Å². The highest BCUT2D eigenvalue weighted by Gasteiger charge is 2.26. The maximum absolute atomic E-state index is 6.25. The molecule has 4 heteroatoms. The fourth-order valence-corrected chi connectivity index (χ4v) is 2.58. The molecule has 98 valence electrons. The lowest BCUT2D eigenvalue weighted by molar-refractivity contribution is -0.0975. The molecular formula is C14H19NO3. The van der Waals surface area contributed by atoms with Crippen molar-refractivity contribution in [2.24, 2.45) is 5.73 Å². The van der Waals surface area contributed by atoms with Crippen molar-refractivity contribution in [2.45, 2.75) is 31.6 Å². The van der Waals surface area contributed by atoms with E-state index >= 15 is 0 Å². The second-order valence-electron chi connectivity index (χ2n) is 5.01. The summed E-state index contributed by atoms with van der Waals surface area (Å²) in [7, 11) is 0. The van der Waals surface area contributed by atoms with E-state index in [1.165, 1.54) is 5.56 Å². The molecule has 0 aromatic heterocycles. The number of ether oxygens (including phenoxy) is 3.